The first-order chi connectivity index (χ1) is 5.24. The van der Waals surface area contributed by atoms with Crippen LogP contribution in [0.15, 0.2) is 24.3 Å². The van der Waals surface area contributed by atoms with E-state index in [1.807, 2.05) is 0 Å². The number of hydrogen-bond donors (Lipinski definition) is 0. The first kappa shape index (κ1) is 7.82. The fourth-order valence-corrected chi connectivity index (χ4v) is 0.995. The van der Waals surface area contributed by atoms with Gasteiger partial charge in [0.15, 0.2) is 8.46 Å². The van der Waals surface area contributed by atoms with E-state index in [2.05, 4.69) is 0 Å². The zero-order valence-corrected chi connectivity index (χ0v) is 6.32. The van der Waals surface area contributed by atoms with Gasteiger partial charge in [-0.15, -0.1) is 0 Å². The van der Waals surface area contributed by atoms with Gasteiger partial charge in [0.2, 0.25) is 0 Å². The van der Waals surface area contributed by atoms with Gasteiger partial charge in [0.1, 0.15) is 0 Å². The average molecular weight is 169 g/mol. The molecule has 0 aromatic heterocycles. The summed E-state index contributed by atoms with van der Waals surface area (Å²) < 4.78 is 10.3. The van der Waals surface area contributed by atoms with Gasteiger partial charge in [0.05, 0.1) is 4.92 Å². The summed E-state index contributed by atoms with van der Waals surface area (Å²) in [6, 6.07) is 5.68. The summed E-state index contributed by atoms with van der Waals surface area (Å²) in [7, 11) is -0.195. The van der Waals surface area contributed by atoms with Crippen molar-refractivity contribution in [1.82, 2.24) is 0 Å². The lowest BCUT2D eigenvalue weighted by Crippen LogP contribution is -1.94. The Bertz CT molecular complexity index is 300. The van der Waals surface area contributed by atoms with Crippen LogP contribution >= 0.6 is 8.46 Å². The van der Waals surface area contributed by atoms with E-state index in [0.717, 1.165) is 0 Å². The van der Waals surface area contributed by atoms with Crippen molar-refractivity contribution >= 4 is 19.5 Å². The molecule has 0 saturated carbocycles. The van der Waals surface area contributed by atoms with E-state index >= 15 is 0 Å². The minimum Gasteiger partial charge on any atom is -0.269 e. The van der Waals surface area contributed by atoms with Crippen LogP contribution in [0.1, 0.15) is 0 Å². The van der Waals surface area contributed by atoms with E-state index in [4.69, 9.17) is 0 Å². The molecule has 1 aromatic carbocycles. The summed E-state index contributed by atoms with van der Waals surface area (Å²) in [5, 5.41) is 10.6. The normalized spacial score (nSPS) is 9.82. The summed E-state index contributed by atoms with van der Waals surface area (Å²) in [6.45, 7) is 0. The van der Waals surface area contributed by atoms with E-state index in [1.54, 1.807) is 6.07 Å². The maximum atomic E-state index is 10.3. The molecule has 5 heteroatoms. The van der Waals surface area contributed by atoms with Crippen LogP contribution in [0.4, 0.5) is 5.69 Å². The molecule has 1 aromatic rings. The molecule has 0 N–H and O–H groups in total. The molecule has 1 rings (SSSR count). The van der Waals surface area contributed by atoms with Crippen LogP contribution < -0.4 is 5.30 Å². The maximum Gasteiger partial charge on any atom is 0.270 e. The summed E-state index contributed by atoms with van der Waals surface area (Å²) >= 11 is 0. The maximum absolute atomic E-state index is 10.3. The Kier molecular flexibility index (Phi) is 2.28. The second kappa shape index (κ2) is 3.21. The zero-order valence-electron chi connectivity index (χ0n) is 5.43. The predicted octanol–water partition coefficient (Wildman–Crippen LogP) is 1.51. The third-order valence-electron chi connectivity index (χ3n) is 1.15. The summed E-state index contributed by atoms with van der Waals surface area (Å²) in [5.41, 5.74) is -0.0362. The largest absolute Gasteiger partial charge is 0.270 e. The van der Waals surface area contributed by atoms with Gasteiger partial charge >= 0.3 is 0 Å². The van der Waals surface area contributed by atoms with Crippen molar-refractivity contribution in [3.8, 4) is 0 Å². The van der Waals surface area contributed by atoms with Gasteiger partial charge in [-0.3, -0.25) is 14.7 Å². The molecule has 0 spiro atoms. The molecule has 0 heterocycles. The molecular formula is C6H4NO3P. The monoisotopic (exact) mass is 169 g/mol. The van der Waals surface area contributed by atoms with Crippen LogP contribution in [0.2, 0.25) is 0 Å². The number of non-ortho nitro benzene ring substituents is 1. The van der Waals surface area contributed by atoms with E-state index in [0.29, 0.717) is 5.30 Å². The summed E-state index contributed by atoms with van der Waals surface area (Å²) in [5.74, 6) is 0. The number of benzene rings is 1. The topological polar surface area (TPSA) is 60.2 Å². The molecule has 0 atom stereocenters. The third kappa shape index (κ3) is 1.82. The second-order valence-corrected chi connectivity index (χ2v) is 2.57. The standard InChI is InChI=1S/C6H4NO3P/c8-7(9)5-2-1-3-6(4-5)11-10/h1-4H. The molecule has 56 valence electrons. The molecular weight excluding hydrogens is 165 g/mol. The number of hydrogen-bond acceptors (Lipinski definition) is 3. The molecule has 0 saturated heterocycles. The second-order valence-electron chi connectivity index (χ2n) is 1.87. The number of nitrogens with zero attached hydrogens (tertiary/aromatic N) is 1. The van der Waals surface area contributed by atoms with E-state index in [-0.39, 0.29) is 14.1 Å². The lowest BCUT2D eigenvalue weighted by atomic mass is 10.3. The highest BCUT2D eigenvalue weighted by Gasteiger charge is 2.04. The molecule has 11 heavy (non-hydrogen) atoms. The van der Waals surface area contributed by atoms with Gasteiger partial charge in [-0.2, -0.15) is 0 Å². The predicted molar refractivity (Wildman–Crippen MR) is 40.3 cm³/mol. The van der Waals surface area contributed by atoms with Crippen LogP contribution in [0.25, 0.3) is 0 Å². The van der Waals surface area contributed by atoms with Crippen molar-refractivity contribution < 1.29 is 9.49 Å². The van der Waals surface area contributed by atoms with Crippen LogP contribution in [-0.4, -0.2) is 4.92 Å². The Morgan fingerprint density at radius 3 is 2.73 bits per heavy atom. The van der Waals surface area contributed by atoms with Gasteiger partial charge in [-0.25, -0.2) is 0 Å². The lowest BCUT2D eigenvalue weighted by molar-refractivity contribution is -0.384. The van der Waals surface area contributed by atoms with Gasteiger partial charge in [-0.1, -0.05) is 6.07 Å². The van der Waals surface area contributed by atoms with Gasteiger partial charge in [0, 0.05) is 17.4 Å². The molecule has 0 aliphatic rings. The molecule has 0 fully saturated rings. The molecule has 0 aliphatic carbocycles. The van der Waals surface area contributed by atoms with Gasteiger partial charge < -0.3 is 0 Å². The van der Waals surface area contributed by atoms with Crippen LogP contribution in [0.3, 0.4) is 0 Å². The van der Waals surface area contributed by atoms with Crippen molar-refractivity contribution in [1.29, 1.82) is 0 Å². The average Bonchev–Trinajstić information content (AvgIpc) is 2.05. The molecule has 0 unspecified atom stereocenters. The van der Waals surface area contributed by atoms with E-state index < -0.39 is 4.92 Å². The number of nitro groups is 1. The van der Waals surface area contributed by atoms with Crippen LogP contribution in [0.5, 0.6) is 0 Å². The van der Waals surface area contributed by atoms with Crippen molar-refractivity contribution in [3.05, 3.63) is 34.4 Å². The number of nitro benzene ring substituents is 1. The Balaban J connectivity index is 3.10. The van der Waals surface area contributed by atoms with Gasteiger partial charge in [-0.05, 0) is 6.07 Å². The fourth-order valence-electron chi connectivity index (χ4n) is 0.663. The lowest BCUT2D eigenvalue weighted by Gasteiger charge is -1.89. The van der Waals surface area contributed by atoms with Crippen molar-refractivity contribution in [2.45, 2.75) is 0 Å². The highest BCUT2D eigenvalue weighted by Crippen LogP contribution is 2.09. The first-order valence-corrected chi connectivity index (χ1v) is 3.63. The molecule has 4 nitrogen and oxygen atoms in total. The van der Waals surface area contributed by atoms with Crippen LogP contribution in [-0.2, 0) is 4.57 Å². The van der Waals surface area contributed by atoms with Gasteiger partial charge in [0.25, 0.3) is 5.69 Å². The number of rotatable bonds is 2. The SMILES string of the molecule is O=Pc1cccc([N+](=O)[O-])c1. The Labute approximate surface area is 64.2 Å². The Morgan fingerprint density at radius 2 is 2.18 bits per heavy atom. The van der Waals surface area contributed by atoms with Crippen molar-refractivity contribution in [3.63, 3.8) is 0 Å². The smallest absolute Gasteiger partial charge is 0.269 e. The molecule has 0 radical (unpaired) electrons. The van der Waals surface area contributed by atoms with Crippen LogP contribution in [0, 0.1) is 10.1 Å². The Morgan fingerprint density at radius 1 is 1.45 bits per heavy atom. The minimum atomic E-state index is -0.519. The van der Waals surface area contributed by atoms with Crippen molar-refractivity contribution in [2.75, 3.05) is 0 Å². The zero-order chi connectivity index (χ0) is 8.27. The minimum absolute atomic E-state index is 0.0362. The van der Waals surface area contributed by atoms with E-state index in [9.17, 15) is 14.7 Å². The summed E-state index contributed by atoms with van der Waals surface area (Å²) in [6.07, 6.45) is 0. The first-order valence-electron chi connectivity index (χ1n) is 2.82. The highest BCUT2D eigenvalue weighted by atomic mass is 31.1. The highest BCUT2D eigenvalue weighted by molar-refractivity contribution is 7.34. The van der Waals surface area contributed by atoms with Crippen molar-refractivity contribution in [2.24, 2.45) is 0 Å². The molecule has 0 aliphatic heterocycles. The third-order valence-corrected chi connectivity index (χ3v) is 1.63. The molecule has 0 amide bonds. The quantitative estimate of drug-likeness (QED) is 0.383. The molecule has 0 bridgehead atoms. The van der Waals surface area contributed by atoms with E-state index in [1.165, 1.54) is 18.2 Å². The summed E-state index contributed by atoms with van der Waals surface area (Å²) in [4.78, 5) is 9.65. The fraction of sp³-hybridized carbons (Fsp3) is 0. The Hall–Kier alpha value is -1.28.